The average molecular weight is 322 g/mol. The van der Waals surface area contributed by atoms with E-state index in [0.29, 0.717) is 22.8 Å². The van der Waals surface area contributed by atoms with Crippen LogP contribution in [0.25, 0.3) is 10.8 Å². The molecule has 1 atom stereocenters. The highest BCUT2D eigenvalue weighted by atomic mass is 32.2. The minimum absolute atomic E-state index is 0.0319. The average Bonchev–Trinajstić information content (AvgIpc) is 3.18. The van der Waals surface area contributed by atoms with Crippen LogP contribution in [0, 0.1) is 6.92 Å². The molecule has 0 radical (unpaired) electrons. The molecule has 0 N–H and O–H groups in total. The zero-order chi connectivity index (χ0) is 14.8. The molecule has 21 heavy (non-hydrogen) atoms. The molecule has 0 saturated heterocycles. The Morgan fingerprint density at radius 1 is 1.38 bits per heavy atom. The van der Waals surface area contributed by atoms with Gasteiger partial charge < -0.3 is 8.94 Å². The number of aromatic nitrogens is 4. The molecule has 0 saturated carbocycles. The van der Waals surface area contributed by atoms with E-state index in [2.05, 4.69) is 20.3 Å². The van der Waals surface area contributed by atoms with Crippen molar-refractivity contribution in [3.63, 3.8) is 0 Å². The summed E-state index contributed by atoms with van der Waals surface area (Å²) in [7, 11) is 0. The van der Waals surface area contributed by atoms with E-state index in [1.54, 1.807) is 11.3 Å². The summed E-state index contributed by atoms with van der Waals surface area (Å²) in [6.07, 6.45) is 0.753. The van der Waals surface area contributed by atoms with Gasteiger partial charge in [0.25, 0.3) is 11.1 Å². The van der Waals surface area contributed by atoms with Gasteiger partial charge in [-0.1, -0.05) is 23.8 Å². The first kappa shape index (κ1) is 14.3. The molecule has 0 aliphatic heterocycles. The zero-order valence-electron chi connectivity index (χ0n) is 11.9. The third-order valence-corrected chi connectivity index (χ3v) is 4.81. The van der Waals surface area contributed by atoms with E-state index in [4.69, 9.17) is 8.94 Å². The molecule has 6 nitrogen and oxygen atoms in total. The van der Waals surface area contributed by atoms with Crippen LogP contribution in [0.5, 0.6) is 0 Å². The third-order valence-electron chi connectivity index (χ3n) is 2.89. The minimum atomic E-state index is -0.0319. The molecule has 0 unspecified atom stereocenters. The van der Waals surface area contributed by atoms with Gasteiger partial charge in [-0.25, -0.2) is 0 Å². The number of hydrogen-bond donors (Lipinski definition) is 0. The van der Waals surface area contributed by atoms with Crippen molar-refractivity contribution >= 4 is 23.1 Å². The normalized spacial score (nSPS) is 12.7. The second-order valence-corrected chi connectivity index (χ2v) is 6.68. The lowest BCUT2D eigenvalue weighted by molar-refractivity contribution is 0.374. The van der Waals surface area contributed by atoms with Gasteiger partial charge in [-0.3, -0.25) is 0 Å². The van der Waals surface area contributed by atoms with Gasteiger partial charge in [0.1, 0.15) is 0 Å². The highest BCUT2D eigenvalue weighted by molar-refractivity contribution is 7.99. The largest absolute Gasteiger partial charge is 0.410 e. The molecule has 8 heteroatoms. The molecule has 0 spiro atoms. The van der Waals surface area contributed by atoms with Gasteiger partial charge in [0.2, 0.25) is 5.89 Å². The van der Waals surface area contributed by atoms with E-state index in [1.807, 2.05) is 32.2 Å². The summed E-state index contributed by atoms with van der Waals surface area (Å²) in [5, 5.41) is 14.5. The van der Waals surface area contributed by atoms with Gasteiger partial charge in [0, 0.05) is 6.42 Å². The Morgan fingerprint density at radius 2 is 2.24 bits per heavy atom. The standard InChI is InChI=1S/C13H14N4O2S2/c1-4-9-14-11(19-17-9)8(3)21-13-16-15-12(18-13)10-7(2)5-6-20-10/h5-6,8H,4H2,1-3H3/t8-/m1/s1. The fourth-order valence-electron chi connectivity index (χ4n) is 1.72. The summed E-state index contributed by atoms with van der Waals surface area (Å²) >= 11 is 3.00. The topological polar surface area (TPSA) is 77.8 Å². The molecule has 110 valence electrons. The first-order valence-electron chi connectivity index (χ1n) is 6.54. The Balaban J connectivity index is 1.73. The van der Waals surface area contributed by atoms with Crippen LogP contribution in [-0.4, -0.2) is 20.3 Å². The lowest BCUT2D eigenvalue weighted by Gasteiger charge is -2.00. The lowest BCUT2D eigenvalue weighted by atomic mass is 10.3. The van der Waals surface area contributed by atoms with Crippen LogP contribution in [0.4, 0.5) is 0 Å². The molecule has 3 heterocycles. The maximum Gasteiger partial charge on any atom is 0.277 e. The van der Waals surface area contributed by atoms with Gasteiger partial charge in [-0.2, -0.15) is 4.98 Å². The first-order valence-corrected chi connectivity index (χ1v) is 8.30. The highest BCUT2D eigenvalue weighted by Gasteiger charge is 2.19. The van der Waals surface area contributed by atoms with E-state index in [9.17, 15) is 0 Å². The van der Waals surface area contributed by atoms with Crippen molar-refractivity contribution in [2.75, 3.05) is 0 Å². The Kier molecular flexibility index (Phi) is 4.07. The second kappa shape index (κ2) is 5.98. The summed E-state index contributed by atoms with van der Waals surface area (Å²) in [4.78, 5) is 5.32. The number of hydrogen-bond acceptors (Lipinski definition) is 8. The summed E-state index contributed by atoms with van der Waals surface area (Å²) in [5.41, 5.74) is 1.14. The molecule has 0 bridgehead atoms. The van der Waals surface area contributed by atoms with Gasteiger partial charge in [0.05, 0.1) is 10.1 Å². The lowest BCUT2D eigenvalue weighted by Crippen LogP contribution is -1.90. The Morgan fingerprint density at radius 3 is 2.90 bits per heavy atom. The van der Waals surface area contributed by atoms with Crippen molar-refractivity contribution in [2.24, 2.45) is 0 Å². The predicted octanol–water partition coefficient (Wildman–Crippen LogP) is 3.91. The Bertz CT molecular complexity index is 734. The molecule has 0 fully saturated rings. The van der Waals surface area contributed by atoms with Crippen molar-refractivity contribution in [2.45, 2.75) is 37.7 Å². The fraction of sp³-hybridized carbons (Fsp3) is 0.385. The van der Waals surface area contributed by atoms with Crippen molar-refractivity contribution in [3.8, 4) is 10.8 Å². The molecule has 0 aliphatic rings. The minimum Gasteiger partial charge on any atom is -0.410 e. The third kappa shape index (κ3) is 3.01. The van der Waals surface area contributed by atoms with Crippen LogP contribution >= 0.6 is 23.1 Å². The number of aryl methyl sites for hydroxylation is 2. The van der Waals surface area contributed by atoms with Gasteiger partial charge in [0.15, 0.2) is 5.82 Å². The fourth-order valence-corrected chi connectivity index (χ4v) is 3.28. The van der Waals surface area contributed by atoms with Crippen LogP contribution in [-0.2, 0) is 6.42 Å². The van der Waals surface area contributed by atoms with Crippen LogP contribution in [0.2, 0.25) is 0 Å². The van der Waals surface area contributed by atoms with Crippen molar-refractivity contribution < 1.29 is 8.94 Å². The van der Waals surface area contributed by atoms with E-state index >= 15 is 0 Å². The quantitative estimate of drug-likeness (QED) is 0.659. The van der Waals surface area contributed by atoms with E-state index in [0.717, 1.165) is 16.9 Å². The van der Waals surface area contributed by atoms with Gasteiger partial charge in [-0.05, 0) is 30.9 Å². The summed E-state index contributed by atoms with van der Waals surface area (Å²) < 4.78 is 10.9. The number of rotatable bonds is 5. The van der Waals surface area contributed by atoms with Crippen LogP contribution < -0.4 is 0 Å². The molecular formula is C13H14N4O2S2. The van der Waals surface area contributed by atoms with E-state index in [1.165, 1.54) is 11.8 Å². The molecule has 3 aromatic rings. The van der Waals surface area contributed by atoms with Crippen molar-refractivity contribution in [1.29, 1.82) is 0 Å². The molecular weight excluding hydrogens is 308 g/mol. The Hall–Kier alpha value is -1.67. The van der Waals surface area contributed by atoms with E-state index < -0.39 is 0 Å². The molecule has 0 aliphatic carbocycles. The highest BCUT2D eigenvalue weighted by Crippen LogP contribution is 2.35. The summed E-state index contributed by atoms with van der Waals surface area (Å²) in [5.74, 6) is 1.83. The maximum absolute atomic E-state index is 5.70. The first-order chi connectivity index (χ1) is 10.2. The second-order valence-electron chi connectivity index (χ2n) is 4.47. The van der Waals surface area contributed by atoms with Crippen LogP contribution in [0.1, 0.15) is 36.4 Å². The summed E-state index contributed by atoms with van der Waals surface area (Å²) in [6.45, 7) is 5.98. The maximum atomic E-state index is 5.70. The molecule has 0 amide bonds. The van der Waals surface area contributed by atoms with Crippen LogP contribution in [0.15, 0.2) is 25.6 Å². The Labute approximate surface area is 130 Å². The number of thioether (sulfide) groups is 1. The number of nitrogens with zero attached hydrogens (tertiary/aromatic N) is 4. The van der Waals surface area contributed by atoms with Crippen LogP contribution in [0.3, 0.4) is 0 Å². The molecule has 3 rings (SSSR count). The number of thiophene rings is 1. The van der Waals surface area contributed by atoms with Crippen molar-refractivity contribution in [3.05, 3.63) is 28.7 Å². The smallest absolute Gasteiger partial charge is 0.277 e. The molecule has 0 aromatic carbocycles. The van der Waals surface area contributed by atoms with Gasteiger partial charge >= 0.3 is 0 Å². The van der Waals surface area contributed by atoms with E-state index in [-0.39, 0.29) is 5.25 Å². The summed E-state index contributed by atoms with van der Waals surface area (Å²) in [6, 6.07) is 2.03. The monoisotopic (exact) mass is 322 g/mol. The van der Waals surface area contributed by atoms with Gasteiger partial charge in [-0.15, -0.1) is 21.5 Å². The molecule has 3 aromatic heterocycles. The van der Waals surface area contributed by atoms with Crippen molar-refractivity contribution in [1.82, 2.24) is 20.3 Å². The predicted molar refractivity (Wildman–Crippen MR) is 80.3 cm³/mol. The zero-order valence-corrected chi connectivity index (χ0v) is 13.5. The SMILES string of the molecule is CCc1noc([C@@H](C)Sc2nnc(-c3sccc3C)o2)n1.